The number of nitrogens with zero attached hydrogens (tertiary/aromatic N) is 4. The Kier molecular flexibility index (Phi) is 5.80. The first-order valence-corrected chi connectivity index (χ1v) is 13.4. The summed E-state index contributed by atoms with van der Waals surface area (Å²) >= 11 is 0. The van der Waals surface area contributed by atoms with Gasteiger partial charge < -0.3 is 4.74 Å². The van der Waals surface area contributed by atoms with E-state index in [9.17, 15) is 8.42 Å². The predicted octanol–water partition coefficient (Wildman–Crippen LogP) is 5.04. The summed E-state index contributed by atoms with van der Waals surface area (Å²) in [5.41, 5.74) is 7.30. The van der Waals surface area contributed by atoms with Gasteiger partial charge in [0.15, 0.2) is 0 Å². The maximum Gasteiger partial charge on any atom is 0.229 e. The Morgan fingerprint density at radius 2 is 2.00 bits per heavy atom. The number of anilines is 1. The summed E-state index contributed by atoms with van der Waals surface area (Å²) in [4.78, 5) is 8.83. The zero-order valence-electron chi connectivity index (χ0n) is 20.1. The molecule has 8 nitrogen and oxygen atoms in total. The van der Waals surface area contributed by atoms with Gasteiger partial charge in [-0.3, -0.25) is 14.4 Å². The van der Waals surface area contributed by atoms with Gasteiger partial charge in [0.25, 0.3) is 0 Å². The van der Waals surface area contributed by atoms with Crippen LogP contribution in [0.3, 0.4) is 0 Å². The lowest BCUT2D eigenvalue weighted by Gasteiger charge is -2.17. The molecule has 5 rings (SSSR count). The average Bonchev–Trinajstić information content (AvgIpc) is 3.16. The monoisotopic (exact) mass is 489 g/mol. The molecule has 0 atom stereocenters. The number of pyridine rings is 2. The van der Waals surface area contributed by atoms with Crippen molar-refractivity contribution < 1.29 is 13.2 Å². The minimum Gasteiger partial charge on any atom is -0.472 e. The second-order valence-electron chi connectivity index (χ2n) is 8.94. The third-order valence-corrected chi connectivity index (χ3v) is 6.64. The van der Waals surface area contributed by atoms with Gasteiger partial charge in [0, 0.05) is 29.4 Å². The van der Waals surface area contributed by atoms with Crippen LogP contribution in [0, 0.1) is 0 Å². The molecule has 0 aliphatic carbocycles. The first kappa shape index (κ1) is 23.0. The molecule has 0 saturated carbocycles. The number of fused-ring (bicyclic) bond motifs is 3. The van der Waals surface area contributed by atoms with Gasteiger partial charge in [0.2, 0.25) is 15.9 Å². The molecule has 35 heavy (non-hydrogen) atoms. The SMILES string of the molecule is CC/C(=C1\c2cc3cnn(C(C)C)c3cc2COc2ncccc21)c1cncc(NS(C)(=O)=O)c1. The van der Waals surface area contributed by atoms with Crippen LogP contribution in [0.4, 0.5) is 5.69 Å². The number of benzene rings is 1. The van der Waals surface area contributed by atoms with Crippen LogP contribution in [0.2, 0.25) is 0 Å². The van der Waals surface area contributed by atoms with Crippen molar-refractivity contribution in [1.82, 2.24) is 19.7 Å². The molecule has 0 spiro atoms. The van der Waals surface area contributed by atoms with Crippen LogP contribution in [-0.2, 0) is 16.6 Å². The summed E-state index contributed by atoms with van der Waals surface area (Å²) in [6.45, 7) is 6.68. The zero-order valence-corrected chi connectivity index (χ0v) is 20.9. The van der Waals surface area contributed by atoms with E-state index in [1.165, 1.54) is 6.20 Å². The molecule has 0 amide bonds. The third kappa shape index (κ3) is 4.39. The van der Waals surface area contributed by atoms with E-state index in [-0.39, 0.29) is 6.04 Å². The fourth-order valence-corrected chi connectivity index (χ4v) is 5.15. The summed E-state index contributed by atoms with van der Waals surface area (Å²) in [5.74, 6) is 0.567. The van der Waals surface area contributed by atoms with E-state index in [1.807, 2.05) is 29.1 Å². The Morgan fingerprint density at radius 3 is 2.74 bits per heavy atom. The lowest BCUT2D eigenvalue weighted by Crippen LogP contribution is -2.10. The number of nitrogens with one attached hydrogen (secondary N) is 1. The van der Waals surface area contributed by atoms with Crippen molar-refractivity contribution >= 4 is 37.8 Å². The lowest BCUT2D eigenvalue weighted by molar-refractivity contribution is 0.295. The second-order valence-corrected chi connectivity index (χ2v) is 10.7. The van der Waals surface area contributed by atoms with Gasteiger partial charge in [-0.2, -0.15) is 5.10 Å². The fraction of sp³-hybridized carbons (Fsp3) is 0.269. The van der Waals surface area contributed by atoms with Crippen molar-refractivity contribution in [2.45, 2.75) is 39.8 Å². The Hall–Kier alpha value is -3.72. The molecular formula is C26H27N5O3S. The molecule has 180 valence electrons. The Morgan fingerprint density at radius 1 is 1.17 bits per heavy atom. The fourth-order valence-electron chi connectivity index (χ4n) is 4.61. The highest BCUT2D eigenvalue weighted by molar-refractivity contribution is 7.92. The van der Waals surface area contributed by atoms with Crippen LogP contribution in [0.5, 0.6) is 5.88 Å². The summed E-state index contributed by atoms with van der Waals surface area (Å²) < 4.78 is 34.3. The van der Waals surface area contributed by atoms with E-state index in [2.05, 4.69) is 52.7 Å². The number of sulfonamides is 1. The number of hydrogen-bond acceptors (Lipinski definition) is 6. The predicted molar refractivity (Wildman–Crippen MR) is 138 cm³/mol. The van der Waals surface area contributed by atoms with E-state index in [0.717, 1.165) is 50.6 Å². The van der Waals surface area contributed by atoms with Crippen LogP contribution in [0.15, 0.2) is 55.1 Å². The highest BCUT2D eigenvalue weighted by atomic mass is 32.2. The molecule has 9 heteroatoms. The molecule has 3 aromatic heterocycles. The molecular weight excluding hydrogens is 462 g/mol. The first-order valence-electron chi connectivity index (χ1n) is 11.5. The van der Waals surface area contributed by atoms with Crippen molar-refractivity contribution in [1.29, 1.82) is 0 Å². The van der Waals surface area contributed by atoms with Gasteiger partial charge in [-0.05, 0) is 78.4 Å². The van der Waals surface area contributed by atoms with Crippen molar-refractivity contribution in [3.63, 3.8) is 0 Å². The lowest BCUT2D eigenvalue weighted by atomic mass is 9.87. The second kappa shape index (κ2) is 8.81. The van der Waals surface area contributed by atoms with Crippen molar-refractivity contribution in [3.8, 4) is 5.88 Å². The summed E-state index contributed by atoms with van der Waals surface area (Å²) in [7, 11) is -3.43. The molecule has 4 heterocycles. The van der Waals surface area contributed by atoms with Crippen LogP contribution in [0.25, 0.3) is 22.0 Å². The molecule has 4 aromatic rings. The largest absolute Gasteiger partial charge is 0.472 e. The molecule has 0 radical (unpaired) electrons. The zero-order chi connectivity index (χ0) is 24.7. The van der Waals surface area contributed by atoms with Gasteiger partial charge >= 0.3 is 0 Å². The van der Waals surface area contributed by atoms with Gasteiger partial charge in [-0.15, -0.1) is 0 Å². The number of aromatic nitrogens is 4. The van der Waals surface area contributed by atoms with Crippen molar-refractivity contribution in [2.24, 2.45) is 0 Å². The average molecular weight is 490 g/mol. The molecule has 1 N–H and O–H groups in total. The Balaban J connectivity index is 1.80. The van der Waals surface area contributed by atoms with Crippen molar-refractivity contribution in [3.05, 3.63) is 77.4 Å². The number of hydrogen-bond donors (Lipinski definition) is 1. The van der Waals surface area contributed by atoms with E-state index in [4.69, 9.17) is 4.74 Å². The van der Waals surface area contributed by atoms with E-state index < -0.39 is 10.0 Å². The maximum absolute atomic E-state index is 11.8. The maximum atomic E-state index is 11.8. The number of rotatable bonds is 5. The normalized spacial score (nSPS) is 14.8. The van der Waals surface area contributed by atoms with Gasteiger partial charge in [0.1, 0.15) is 6.61 Å². The van der Waals surface area contributed by atoms with Crippen LogP contribution in [0.1, 0.15) is 55.5 Å². The summed E-state index contributed by atoms with van der Waals surface area (Å²) in [6.07, 6.45) is 8.71. The topological polar surface area (TPSA) is 99.0 Å². The molecule has 0 fully saturated rings. The molecule has 1 aliphatic heterocycles. The Labute approximate surface area is 204 Å². The molecule has 1 aromatic carbocycles. The third-order valence-electron chi connectivity index (χ3n) is 6.03. The molecule has 0 unspecified atom stereocenters. The molecule has 0 saturated heterocycles. The molecule has 1 aliphatic rings. The van der Waals surface area contributed by atoms with Gasteiger partial charge in [0.05, 0.1) is 29.9 Å². The van der Waals surface area contributed by atoms with E-state index in [0.29, 0.717) is 24.6 Å². The van der Waals surface area contributed by atoms with Crippen LogP contribution >= 0.6 is 0 Å². The standard InChI is InChI=1S/C26H27N5O3S/c1-5-21(17-9-20(14-27-12-17)30-35(4,32)33)25-22-7-6-8-28-26(22)34-15-19-11-24-18(10-23(19)25)13-29-31(24)16(2)3/h6-14,16,30H,5,15H2,1-4H3/b25-21+. The van der Waals surface area contributed by atoms with E-state index in [1.54, 1.807) is 12.4 Å². The van der Waals surface area contributed by atoms with Crippen molar-refractivity contribution in [2.75, 3.05) is 11.0 Å². The quantitative estimate of drug-likeness (QED) is 0.422. The van der Waals surface area contributed by atoms with E-state index >= 15 is 0 Å². The molecule has 0 bridgehead atoms. The van der Waals surface area contributed by atoms with Crippen LogP contribution in [-0.4, -0.2) is 34.4 Å². The smallest absolute Gasteiger partial charge is 0.229 e. The first-order chi connectivity index (χ1) is 16.7. The van der Waals surface area contributed by atoms with Gasteiger partial charge in [-0.25, -0.2) is 13.4 Å². The Bertz CT molecular complexity index is 1570. The summed E-state index contributed by atoms with van der Waals surface area (Å²) in [5, 5.41) is 5.64. The minimum absolute atomic E-state index is 0.230. The number of ether oxygens (including phenoxy) is 1. The van der Waals surface area contributed by atoms with Crippen LogP contribution < -0.4 is 9.46 Å². The summed E-state index contributed by atoms with van der Waals surface area (Å²) in [6, 6.07) is 10.3. The highest BCUT2D eigenvalue weighted by Gasteiger charge is 2.25. The highest BCUT2D eigenvalue weighted by Crippen LogP contribution is 2.42. The van der Waals surface area contributed by atoms with Gasteiger partial charge in [-0.1, -0.05) is 6.92 Å². The minimum atomic E-state index is -3.43. The number of allylic oxidation sites excluding steroid dienone is 1.